The van der Waals surface area contributed by atoms with Crippen molar-refractivity contribution in [2.24, 2.45) is 11.8 Å². The topological polar surface area (TPSA) is 117 Å². The predicted octanol–water partition coefficient (Wildman–Crippen LogP) is 3.65. The van der Waals surface area contributed by atoms with Gasteiger partial charge in [-0.25, -0.2) is 0 Å². The lowest BCUT2D eigenvalue weighted by Gasteiger charge is -2.38. The number of esters is 1. The molecule has 5 bridgehead atoms. The number of amides is 3. The summed E-state index contributed by atoms with van der Waals surface area (Å²) in [6, 6.07) is 12.7. The number of hydrogen-bond acceptors (Lipinski definition) is 7. The van der Waals surface area contributed by atoms with E-state index in [1.54, 1.807) is 35.9 Å². The molecule has 2 saturated heterocycles. The lowest BCUT2D eigenvalue weighted by Crippen LogP contribution is -2.58. The van der Waals surface area contributed by atoms with Crippen LogP contribution >= 0.6 is 0 Å². The molecule has 2 aromatic rings. The Morgan fingerprint density at radius 2 is 1.68 bits per heavy atom. The van der Waals surface area contributed by atoms with Gasteiger partial charge in [-0.15, -0.1) is 0 Å². The van der Waals surface area contributed by atoms with Crippen molar-refractivity contribution >= 4 is 29.4 Å². The van der Waals surface area contributed by atoms with E-state index in [9.17, 15) is 24.3 Å². The number of likely N-dealkylation sites (tertiary alicyclic amines) is 1. The highest BCUT2D eigenvalue weighted by Crippen LogP contribution is 2.56. The third-order valence-corrected chi connectivity index (χ3v) is 10.3. The van der Waals surface area contributed by atoms with Crippen LogP contribution in [0.25, 0.3) is 0 Å². The molecule has 10 heteroatoms. The number of aryl methyl sites for hydroxylation is 2. The molecule has 1 spiro atoms. The lowest BCUT2D eigenvalue weighted by atomic mass is 9.74. The van der Waals surface area contributed by atoms with E-state index >= 15 is 0 Å². The van der Waals surface area contributed by atoms with Gasteiger partial charge in [-0.3, -0.25) is 19.2 Å². The molecule has 10 nitrogen and oxygen atoms in total. The van der Waals surface area contributed by atoms with Crippen molar-refractivity contribution in [1.82, 2.24) is 9.80 Å². The first kappa shape index (κ1) is 32.7. The van der Waals surface area contributed by atoms with Crippen molar-refractivity contribution in [3.05, 3.63) is 89.5 Å². The van der Waals surface area contributed by atoms with Gasteiger partial charge in [0.1, 0.15) is 23.7 Å². The average molecular weight is 642 g/mol. The summed E-state index contributed by atoms with van der Waals surface area (Å²) in [5, 5.41) is 10.3. The number of fused-ring (bicyclic) bond motifs is 2. The second-order valence-electron chi connectivity index (χ2n) is 13.2. The molecule has 0 aromatic heterocycles. The fraction of sp³-hybridized carbons (Fsp3) is 0.459. The summed E-state index contributed by atoms with van der Waals surface area (Å²) in [7, 11) is 1.70. The Hall–Kier alpha value is -4.28. The number of hydrogen-bond donors (Lipinski definition) is 1. The SMILES string of the molecule is Cc1cccc(C)c1N1C/C=C\CCC(=O)N(C)[C@@H](C)[C@H](c2ccccc2)OC(=O)[C@@H]2[C@H]3C(=O)N([C@H](C)CO)[C@H](C1=O)[C@]31C=C[C@H]2O1. The second-order valence-corrected chi connectivity index (χ2v) is 13.2. The molecular weight excluding hydrogens is 598 g/mol. The van der Waals surface area contributed by atoms with E-state index in [2.05, 4.69) is 0 Å². The molecule has 8 atom stereocenters. The first-order chi connectivity index (χ1) is 22.5. The minimum absolute atomic E-state index is 0.112. The van der Waals surface area contributed by atoms with Gasteiger partial charge in [-0.2, -0.15) is 0 Å². The monoisotopic (exact) mass is 641 g/mol. The van der Waals surface area contributed by atoms with Crippen LogP contribution < -0.4 is 4.90 Å². The van der Waals surface area contributed by atoms with Crippen LogP contribution in [0.3, 0.4) is 0 Å². The highest BCUT2D eigenvalue weighted by Gasteiger charge is 2.74. The summed E-state index contributed by atoms with van der Waals surface area (Å²) in [4.78, 5) is 61.8. The number of allylic oxidation sites excluding steroid dienone is 1. The number of ether oxygens (including phenoxy) is 2. The van der Waals surface area contributed by atoms with Crippen LogP contribution in [0, 0.1) is 25.7 Å². The molecule has 248 valence electrons. The predicted molar refractivity (Wildman–Crippen MR) is 175 cm³/mol. The number of benzene rings is 2. The van der Waals surface area contributed by atoms with Crippen molar-refractivity contribution in [2.45, 2.75) is 76.5 Å². The zero-order valence-electron chi connectivity index (χ0n) is 27.5. The number of para-hydroxylation sites is 1. The third-order valence-electron chi connectivity index (χ3n) is 10.3. The number of nitrogens with zero attached hydrogens (tertiary/aromatic N) is 3. The molecule has 2 fully saturated rings. The van der Waals surface area contributed by atoms with Gasteiger partial charge in [0, 0.05) is 25.7 Å². The van der Waals surface area contributed by atoms with Crippen LogP contribution in [-0.4, -0.2) is 88.6 Å². The first-order valence-electron chi connectivity index (χ1n) is 16.4. The van der Waals surface area contributed by atoms with Crippen molar-refractivity contribution in [2.75, 3.05) is 25.1 Å². The molecular formula is C37H43N3O7. The summed E-state index contributed by atoms with van der Waals surface area (Å²) in [5.41, 5.74) is 1.75. The number of aliphatic hydroxyl groups excluding tert-OH is 1. The van der Waals surface area contributed by atoms with E-state index in [1.807, 2.05) is 81.5 Å². The first-order valence-corrected chi connectivity index (χ1v) is 16.4. The summed E-state index contributed by atoms with van der Waals surface area (Å²) < 4.78 is 12.8. The Bertz CT molecular complexity index is 1600. The van der Waals surface area contributed by atoms with Crippen LogP contribution in [0.1, 0.15) is 49.5 Å². The van der Waals surface area contributed by atoms with Gasteiger partial charge in [-0.05, 0) is 50.8 Å². The van der Waals surface area contributed by atoms with Crippen molar-refractivity contribution in [1.29, 1.82) is 0 Å². The maximum absolute atomic E-state index is 15.0. The van der Waals surface area contributed by atoms with Gasteiger partial charge >= 0.3 is 5.97 Å². The average Bonchev–Trinajstić information content (AvgIpc) is 3.71. The van der Waals surface area contributed by atoms with E-state index in [4.69, 9.17) is 9.47 Å². The smallest absolute Gasteiger partial charge is 0.313 e. The summed E-state index contributed by atoms with van der Waals surface area (Å²) in [6.07, 6.45) is 6.34. The number of aliphatic hydroxyl groups is 1. The van der Waals surface area contributed by atoms with Crippen LogP contribution in [0.2, 0.25) is 0 Å². The molecule has 4 heterocycles. The number of carbonyl (C=O) groups excluding carboxylic acids is 4. The van der Waals surface area contributed by atoms with Gasteiger partial charge in [0.2, 0.25) is 11.8 Å². The van der Waals surface area contributed by atoms with Gasteiger partial charge in [0.05, 0.1) is 30.7 Å². The van der Waals surface area contributed by atoms with E-state index in [0.29, 0.717) is 17.7 Å². The van der Waals surface area contributed by atoms with Crippen molar-refractivity contribution in [3.8, 4) is 0 Å². The van der Waals surface area contributed by atoms with Crippen LogP contribution in [0.4, 0.5) is 5.69 Å². The zero-order valence-corrected chi connectivity index (χ0v) is 27.5. The second kappa shape index (κ2) is 12.7. The third kappa shape index (κ3) is 5.37. The number of anilines is 1. The molecule has 4 aliphatic rings. The number of rotatable bonds is 4. The maximum atomic E-state index is 15.0. The van der Waals surface area contributed by atoms with Gasteiger partial charge < -0.3 is 29.3 Å². The van der Waals surface area contributed by atoms with Crippen molar-refractivity contribution in [3.63, 3.8) is 0 Å². The molecule has 1 N–H and O–H groups in total. The molecule has 3 amide bonds. The fourth-order valence-corrected chi connectivity index (χ4v) is 7.79. The molecule has 6 rings (SSSR count). The molecule has 4 aliphatic heterocycles. The van der Waals surface area contributed by atoms with E-state index in [0.717, 1.165) is 11.1 Å². The Balaban J connectivity index is 1.49. The normalized spacial score (nSPS) is 32.5. The molecule has 0 radical (unpaired) electrons. The minimum atomic E-state index is -1.43. The molecule has 0 saturated carbocycles. The molecule has 2 aromatic carbocycles. The molecule has 0 aliphatic carbocycles. The lowest BCUT2D eigenvalue weighted by molar-refractivity contribution is -0.164. The van der Waals surface area contributed by atoms with Crippen molar-refractivity contribution < 1.29 is 33.8 Å². The molecule has 0 unspecified atom stereocenters. The minimum Gasteiger partial charge on any atom is -0.455 e. The van der Waals surface area contributed by atoms with Crippen LogP contribution in [-0.2, 0) is 28.7 Å². The number of carbonyl (C=O) groups is 4. The fourth-order valence-electron chi connectivity index (χ4n) is 7.79. The zero-order chi connectivity index (χ0) is 33.6. The van der Waals surface area contributed by atoms with E-state index in [-0.39, 0.29) is 31.4 Å². The summed E-state index contributed by atoms with van der Waals surface area (Å²) in [6.45, 7) is 7.20. The Morgan fingerprint density at radius 3 is 2.36 bits per heavy atom. The number of likely N-dealkylation sites (N-methyl/N-ethyl adjacent to an activating group) is 1. The maximum Gasteiger partial charge on any atom is 0.313 e. The van der Waals surface area contributed by atoms with E-state index < -0.39 is 59.6 Å². The summed E-state index contributed by atoms with van der Waals surface area (Å²) >= 11 is 0. The standard InChI is InChI=1S/C37H43N3O7/c1-22-13-12-14-23(2)31(22)39-20-11-7-10-17-28(42)38(5)25(4)32(26-15-8-6-9-16-26)46-36(45)29-27-18-19-37(47-27)30(29)34(43)40(24(3)21-41)33(37)35(39)44/h6-9,11-16,18-19,24-25,27,29-30,32-33,41H,10,17,20-21H2,1-5H3/b11-7-/t24-,25+,27-,29+,30+,32-,33-,37+/m1/s1. The number of cyclic esters (lactones) is 1. The van der Waals surface area contributed by atoms with Gasteiger partial charge in [0.25, 0.3) is 5.91 Å². The Kier molecular flexibility index (Phi) is 8.84. The quantitative estimate of drug-likeness (QED) is 0.400. The Labute approximate surface area is 275 Å². The Morgan fingerprint density at radius 1 is 0.979 bits per heavy atom. The van der Waals surface area contributed by atoms with Crippen LogP contribution in [0.5, 0.6) is 0 Å². The highest BCUT2D eigenvalue weighted by molar-refractivity contribution is 6.06. The molecule has 47 heavy (non-hydrogen) atoms. The highest BCUT2D eigenvalue weighted by atomic mass is 16.6. The van der Waals surface area contributed by atoms with Gasteiger partial charge in [0.15, 0.2) is 0 Å². The largest absolute Gasteiger partial charge is 0.455 e. The van der Waals surface area contributed by atoms with Crippen LogP contribution in [0.15, 0.2) is 72.8 Å². The van der Waals surface area contributed by atoms with Gasteiger partial charge in [-0.1, -0.05) is 72.8 Å². The van der Waals surface area contributed by atoms with E-state index in [1.165, 1.54) is 4.90 Å². The summed E-state index contributed by atoms with van der Waals surface area (Å²) in [5.74, 6) is -3.62.